The van der Waals surface area contributed by atoms with Crippen molar-refractivity contribution in [1.82, 2.24) is 9.78 Å². The van der Waals surface area contributed by atoms with Gasteiger partial charge < -0.3 is 20.3 Å². The Morgan fingerprint density at radius 3 is 2.12 bits per heavy atom. The van der Waals surface area contributed by atoms with Crippen LogP contribution in [0, 0.1) is 5.92 Å². The first kappa shape index (κ1) is 31.8. The highest BCUT2D eigenvalue weighted by Gasteiger charge is 2.35. The van der Waals surface area contributed by atoms with Crippen molar-refractivity contribution in [1.29, 1.82) is 0 Å². The number of benzene rings is 2. The molecule has 0 aliphatic rings. The van der Waals surface area contributed by atoms with Crippen LogP contribution >= 0.6 is 0 Å². The van der Waals surface area contributed by atoms with Crippen molar-refractivity contribution in [2.75, 3.05) is 11.9 Å². The minimum atomic E-state index is -4.61. The fraction of sp³-hybridized carbons (Fsp3) is 0.333. The van der Waals surface area contributed by atoms with Crippen LogP contribution in [-0.4, -0.2) is 51.5 Å². The van der Waals surface area contributed by atoms with E-state index in [0.29, 0.717) is 17.8 Å². The topological polar surface area (TPSA) is 146 Å². The molecule has 0 saturated carbocycles. The fourth-order valence-corrected chi connectivity index (χ4v) is 3.10. The van der Waals surface area contributed by atoms with Crippen molar-refractivity contribution >= 4 is 23.5 Å². The number of nitrogens with zero attached hydrogens (tertiary/aromatic N) is 2. The van der Waals surface area contributed by atoms with Gasteiger partial charge in [-0.15, -0.1) is 0 Å². The first-order chi connectivity index (χ1) is 18.8. The molecule has 0 aliphatic heterocycles. The molecule has 4 N–H and O–H groups in total. The molecule has 0 bridgehead atoms. The van der Waals surface area contributed by atoms with E-state index in [0.717, 1.165) is 10.7 Å². The molecule has 216 valence electrons. The van der Waals surface area contributed by atoms with E-state index in [1.54, 1.807) is 75.4 Å². The number of nitrogens with two attached hydrogens (primary N) is 1. The van der Waals surface area contributed by atoms with Gasteiger partial charge in [0.15, 0.2) is 11.5 Å². The number of anilines is 1. The van der Waals surface area contributed by atoms with Gasteiger partial charge in [0.1, 0.15) is 6.61 Å². The summed E-state index contributed by atoms with van der Waals surface area (Å²) in [5, 5.41) is 14.8. The summed E-state index contributed by atoms with van der Waals surface area (Å²) < 4.78 is 49.6. The molecular formula is C27H31F3N4O6. The van der Waals surface area contributed by atoms with E-state index in [2.05, 4.69) is 10.4 Å². The average molecular weight is 565 g/mol. The van der Waals surface area contributed by atoms with Crippen LogP contribution in [0.4, 0.5) is 23.7 Å². The molecule has 0 spiro atoms. The number of hydrogen-bond acceptors (Lipinski definition) is 7. The number of Topliss-reactive ketones (excluding diaryl/α,β-unsaturated/α-hetero) is 1. The third-order valence-electron chi connectivity index (χ3n) is 5.29. The third-order valence-corrected chi connectivity index (χ3v) is 5.29. The minimum absolute atomic E-state index is 0.167. The number of carboxylic acids is 1. The maximum atomic E-state index is 12.9. The Kier molecular flexibility index (Phi) is 11.7. The van der Waals surface area contributed by atoms with Gasteiger partial charge in [-0.2, -0.15) is 18.3 Å². The number of halogens is 3. The molecule has 1 amide bonds. The first-order valence-corrected chi connectivity index (χ1v) is 12.2. The van der Waals surface area contributed by atoms with Crippen molar-refractivity contribution in [2.45, 2.75) is 45.5 Å². The van der Waals surface area contributed by atoms with E-state index >= 15 is 0 Å². The van der Waals surface area contributed by atoms with Crippen molar-refractivity contribution in [3.63, 3.8) is 0 Å². The molecule has 3 aromatic rings. The SMILES string of the molecule is CC(C)[C@H](OC(=O)Nc1ccccc1)C(=O)O.CC[C@H](N)C(=O)COc1cc(C(F)(F)F)nn1-c1ccccc1. The summed E-state index contributed by atoms with van der Waals surface area (Å²) in [5.74, 6) is -1.99. The molecule has 0 radical (unpaired) electrons. The summed E-state index contributed by atoms with van der Waals surface area (Å²) in [6.45, 7) is 4.67. The molecule has 10 nitrogen and oxygen atoms in total. The number of carbonyl (C=O) groups is 3. The largest absolute Gasteiger partial charge is 0.478 e. The summed E-state index contributed by atoms with van der Waals surface area (Å²) >= 11 is 0. The molecule has 0 unspecified atom stereocenters. The van der Waals surface area contributed by atoms with E-state index in [4.69, 9.17) is 20.3 Å². The van der Waals surface area contributed by atoms with E-state index in [-0.39, 0.29) is 17.6 Å². The number of ether oxygens (including phenoxy) is 2. The van der Waals surface area contributed by atoms with Gasteiger partial charge in [-0.25, -0.2) is 14.3 Å². The number of aromatic nitrogens is 2. The number of amides is 1. The monoisotopic (exact) mass is 564 g/mol. The zero-order chi connectivity index (χ0) is 29.9. The van der Waals surface area contributed by atoms with Crippen LogP contribution in [0.25, 0.3) is 5.69 Å². The summed E-state index contributed by atoms with van der Waals surface area (Å²) in [4.78, 5) is 34.0. The maximum Gasteiger partial charge on any atom is 0.435 e. The lowest BCUT2D eigenvalue weighted by Gasteiger charge is -2.17. The van der Waals surface area contributed by atoms with Crippen LogP contribution < -0.4 is 15.8 Å². The zero-order valence-corrected chi connectivity index (χ0v) is 22.1. The normalized spacial score (nSPS) is 12.5. The first-order valence-electron chi connectivity index (χ1n) is 12.2. The van der Waals surface area contributed by atoms with Gasteiger partial charge in [0, 0.05) is 17.7 Å². The highest BCUT2D eigenvalue weighted by molar-refractivity contribution is 5.87. The fourth-order valence-electron chi connectivity index (χ4n) is 3.10. The minimum Gasteiger partial charge on any atom is -0.478 e. The quantitative estimate of drug-likeness (QED) is 0.315. The van der Waals surface area contributed by atoms with E-state index in [1.165, 1.54) is 0 Å². The van der Waals surface area contributed by atoms with Crippen LogP contribution in [0.5, 0.6) is 5.88 Å². The molecule has 1 heterocycles. The molecule has 2 aromatic carbocycles. The lowest BCUT2D eigenvalue weighted by molar-refractivity contribution is -0.148. The Morgan fingerprint density at radius 2 is 1.62 bits per heavy atom. The molecule has 1 aromatic heterocycles. The molecular weight excluding hydrogens is 533 g/mol. The lowest BCUT2D eigenvalue weighted by Crippen LogP contribution is -2.33. The van der Waals surface area contributed by atoms with Crippen molar-refractivity contribution in [2.24, 2.45) is 11.7 Å². The van der Waals surface area contributed by atoms with Gasteiger partial charge in [0.05, 0.1) is 11.7 Å². The molecule has 40 heavy (non-hydrogen) atoms. The summed E-state index contributed by atoms with van der Waals surface area (Å²) in [7, 11) is 0. The van der Waals surface area contributed by atoms with Gasteiger partial charge in [-0.1, -0.05) is 57.2 Å². The summed E-state index contributed by atoms with van der Waals surface area (Å²) in [5.41, 5.74) is 5.43. The summed E-state index contributed by atoms with van der Waals surface area (Å²) in [6.07, 6.45) is -6.09. The van der Waals surface area contributed by atoms with Crippen molar-refractivity contribution in [3.8, 4) is 11.6 Å². The number of ketones is 1. The van der Waals surface area contributed by atoms with E-state index < -0.39 is 42.7 Å². The molecule has 3 rings (SSSR count). The van der Waals surface area contributed by atoms with Gasteiger partial charge in [-0.05, 0) is 30.7 Å². The number of para-hydroxylation sites is 2. The van der Waals surface area contributed by atoms with Gasteiger partial charge in [0.2, 0.25) is 12.0 Å². The number of rotatable bonds is 10. The molecule has 13 heteroatoms. The van der Waals surface area contributed by atoms with Gasteiger partial charge in [0.25, 0.3) is 0 Å². The Hall–Kier alpha value is -4.39. The number of carbonyl (C=O) groups excluding carboxylic acids is 2. The van der Waals surface area contributed by atoms with Crippen LogP contribution in [-0.2, 0) is 20.5 Å². The van der Waals surface area contributed by atoms with Crippen molar-refractivity contribution < 1.29 is 42.1 Å². The highest BCUT2D eigenvalue weighted by Crippen LogP contribution is 2.32. The second-order valence-electron chi connectivity index (χ2n) is 8.78. The molecule has 2 atom stereocenters. The van der Waals surface area contributed by atoms with Crippen LogP contribution in [0.15, 0.2) is 66.7 Å². The smallest absolute Gasteiger partial charge is 0.435 e. The predicted octanol–water partition coefficient (Wildman–Crippen LogP) is 4.92. The number of aliphatic carboxylic acids is 1. The number of alkyl halides is 3. The summed E-state index contributed by atoms with van der Waals surface area (Å²) in [6, 6.07) is 17.0. The van der Waals surface area contributed by atoms with Crippen LogP contribution in [0.3, 0.4) is 0 Å². The van der Waals surface area contributed by atoms with E-state index in [9.17, 15) is 27.6 Å². The van der Waals surface area contributed by atoms with Gasteiger partial charge in [-0.3, -0.25) is 10.1 Å². The Labute approximate surface area is 228 Å². The second kappa shape index (κ2) is 14.7. The van der Waals surface area contributed by atoms with Crippen LogP contribution in [0.2, 0.25) is 0 Å². The lowest BCUT2D eigenvalue weighted by atomic mass is 10.1. The number of hydrogen-bond donors (Lipinski definition) is 3. The highest BCUT2D eigenvalue weighted by atomic mass is 19.4. The number of nitrogens with one attached hydrogen (secondary N) is 1. The Balaban J connectivity index is 0.000000294. The second-order valence-corrected chi connectivity index (χ2v) is 8.78. The Morgan fingerprint density at radius 1 is 1.05 bits per heavy atom. The number of carboxylic acid groups (broad SMARTS) is 1. The average Bonchev–Trinajstić information content (AvgIpc) is 3.36. The third kappa shape index (κ3) is 9.73. The standard InChI is InChI=1S/C15H16F3N3O2.C12H15NO4/c1-2-11(19)12(22)9-23-14-8-13(15(16,17)18)20-21(14)10-6-4-3-5-7-10;1-8(2)10(11(14)15)17-12(16)13-9-6-4-3-5-7-9/h3-8,11H,2,9,19H2,1H3;3-8,10H,1-2H3,(H,13,16)(H,14,15)/t11-;10-/m00/s1. The molecule has 0 saturated heterocycles. The predicted molar refractivity (Wildman–Crippen MR) is 140 cm³/mol. The molecule has 0 aliphatic carbocycles. The van der Waals surface area contributed by atoms with Gasteiger partial charge >= 0.3 is 18.2 Å². The zero-order valence-electron chi connectivity index (χ0n) is 22.1. The Bertz CT molecular complexity index is 1250. The van der Waals surface area contributed by atoms with Crippen LogP contribution in [0.1, 0.15) is 32.9 Å². The maximum absolute atomic E-state index is 12.9. The van der Waals surface area contributed by atoms with Crippen molar-refractivity contribution in [3.05, 3.63) is 72.4 Å². The molecule has 0 fully saturated rings. The van der Waals surface area contributed by atoms with E-state index in [1.807, 2.05) is 6.07 Å².